The number of fused-ring (bicyclic) bond motifs is 1. The van der Waals surface area contributed by atoms with Gasteiger partial charge in [-0.2, -0.15) is 0 Å². The van der Waals surface area contributed by atoms with Crippen LogP contribution in [-0.2, 0) is 0 Å². The van der Waals surface area contributed by atoms with E-state index in [1.807, 2.05) is 0 Å². The molecule has 2 saturated carbocycles. The molecule has 0 bridgehead atoms. The molecule has 22 heavy (non-hydrogen) atoms. The van der Waals surface area contributed by atoms with Gasteiger partial charge in [-0.1, -0.05) is 31.6 Å². The third-order valence-corrected chi connectivity index (χ3v) is 7.14. The molecule has 0 amide bonds. The zero-order valence-corrected chi connectivity index (χ0v) is 14.9. The van der Waals surface area contributed by atoms with Crippen molar-refractivity contribution in [2.24, 2.45) is 29.1 Å². The molecule has 3 aliphatic carbocycles. The molecular formula is C21H35N. The Balaban J connectivity index is 1.62. The molecule has 2 fully saturated rings. The number of hydrogen-bond donors (Lipinski definition) is 1. The van der Waals surface area contributed by atoms with Gasteiger partial charge in [-0.25, -0.2) is 0 Å². The van der Waals surface area contributed by atoms with E-state index in [0.29, 0.717) is 5.41 Å². The van der Waals surface area contributed by atoms with E-state index >= 15 is 0 Å². The third kappa shape index (κ3) is 3.07. The first-order valence-corrected chi connectivity index (χ1v) is 9.55. The minimum atomic E-state index is 0.432. The van der Waals surface area contributed by atoms with Crippen LogP contribution in [-0.4, -0.2) is 13.1 Å². The average molecular weight is 302 g/mol. The van der Waals surface area contributed by atoms with E-state index in [1.165, 1.54) is 51.4 Å². The van der Waals surface area contributed by atoms with Gasteiger partial charge >= 0.3 is 0 Å². The first kappa shape index (κ1) is 16.3. The summed E-state index contributed by atoms with van der Waals surface area (Å²) in [6.07, 6.45) is 15.6. The van der Waals surface area contributed by atoms with Gasteiger partial charge in [0.2, 0.25) is 0 Å². The maximum absolute atomic E-state index is 3.87. The second-order valence-electron chi connectivity index (χ2n) is 8.60. The second-order valence-corrected chi connectivity index (χ2v) is 8.60. The third-order valence-electron chi connectivity index (χ3n) is 7.14. The Morgan fingerprint density at radius 2 is 2.09 bits per heavy atom. The summed E-state index contributed by atoms with van der Waals surface area (Å²) < 4.78 is 0. The number of rotatable bonds is 6. The fraction of sp³-hybridized carbons (Fsp3) is 0.810. The fourth-order valence-electron chi connectivity index (χ4n) is 5.53. The van der Waals surface area contributed by atoms with Gasteiger partial charge in [0.25, 0.3) is 0 Å². The fourth-order valence-corrected chi connectivity index (χ4v) is 5.53. The normalized spacial score (nSPS) is 38.1. The Hall–Kier alpha value is -0.560. The molecule has 0 saturated heterocycles. The van der Waals surface area contributed by atoms with Crippen LogP contribution in [0.4, 0.5) is 0 Å². The maximum atomic E-state index is 3.87. The SMILES string of the molecule is C=CCCC1CC=C(C(C)(C)C2CCC(NC)C3CC32)CC1. The lowest BCUT2D eigenvalue weighted by molar-refractivity contribution is 0.155. The lowest BCUT2D eigenvalue weighted by atomic mass is 9.63. The molecule has 1 heteroatoms. The van der Waals surface area contributed by atoms with Crippen molar-refractivity contribution in [3.8, 4) is 0 Å². The molecule has 0 aromatic carbocycles. The first-order valence-electron chi connectivity index (χ1n) is 9.55. The first-order chi connectivity index (χ1) is 10.6. The summed E-state index contributed by atoms with van der Waals surface area (Å²) in [6.45, 7) is 8.95. The Bertz CT molecular complexity index is 433. The molecule has 3 rings (SSSR count). The summed E-state index contributed by atoms with van der Waals surface area (Å²) in [5.41, 5.74) is 2.21. The van der Waals surface area contributed by atoms with E-state index in [9.17, 15) is 0 Å². The molecular weight excluding hydrogens is 266 g/mol. The second kappa shape index (κ2) is 6.51. The van der Waals surface area contributed by atoms with E-state index < -0.39 is 0 Å². The van der Waals surface area contributed by atoms with Crippen molar-refractivity contribution >= 4 is 0 Å². The van der Waals surface area contributed by atoms with Gasteiger partial charge in [-0.3, -0.25) is 0 Å². The van der Waals surface area contributed by atoms with Crippen molar-refractivity contribution in [1.29, 1.82) is 0 Å². The summed E-state index contributed by atoms with van der Waals surface area (Å²) >= 11 is 0. The predicted molar refractivity (Wildman–Crippen MR) is 95.8 cm³/mol. The van der Waals surface area contributed by atoms with Gasteiger partial charge in [-0.05, 0) is 87.5 Å². The number of allylic oxidation sites excluding steroid dienone is 3. The van der Waals surface area contributed by atoms with Crippen LogP contribution in [0.2, 0.25) is 0 Å². The molecule has 3 aliphatic rings. The Morgan fingerprint density at radius 1 is 1.27 bits per heavy atom. The summed E-state index contributed by atoms with van der Waals surface area (Å²) in [5.74, 6) is 3.82. The van der Waals surface area contributed by atoms with E-state index in [4.69, 9.17) is 0 Å². The van der Waals surface area contributed by atoms with Crippen LogP contribution in [0.5, 0.6) is 0 Å². The summed E-state index contributed by atoms with van der Waals surface area (Å²) in [6, 6.07) is 0.806. The Morgan fingerprint density at radius 3 is 2.73 bits per heavy atom. The minimum absolute atomic E-state index is 0.432. The van der Waals surface area contributed by atoms with Crippen molar-refractivity contribution < 1.29 is 0 Å². The summed E-state index contributed by atoms with van der Waals surface area (Å²) in [7, 11) is 2.15. The molecule has 5 atom stereocenters. The maximum Gasteiger partial charge on any atom is 0.00952 e. The highest BCUT2D eigenvalue weighted by molar-refractivity contribution is 5.20. The van der Waals surface area contributed by atoms with E-state index in [-0.39, 0.29) is 0 Å². The highest BCUT2D eigenvalue weighted by Gasteiger charge is 2.54. The predicted octanol–water partition coefficient (Wildman–Crippen LogP) is 5.34. The van der Waals surface area contributed by atoms with Crippen LogP contribution in [0, 0.1) is 29.1 Å². The molecule has 0 aromatic heterocycles. The van der Waals surface area contributed by atoms with E-state index in [0.717, 1.165) is 29.7 Å². The topological polar surface area (TPSA) is 12.0 Å². The van der Waals surface area contributed by atoms with Gasteiger partial charge in [-0.15, -0.1) is 6.58 Å². The Kier molecular flexibility index (Phi) is 4.83. The lowest BCUT2D eigenvalue weighted by Gasteiger charge is -2.42. The van der Waals surface area contributed by atoms with Crippen LogP contribution in [0.1, 0.15) is 65.2 Å². The van der Waals surface area contributed by atoms with Crippen molar-refractivity contribution in [3.63, 3.8) is 0 Å². The number of hydrogen-bond acceptors (Lipinski definition) is 1. The lowest BCUT2D eigenvalue weighted by Crippen LogP contribution is -2.38. The van der Waals surface area contributed by atoms with Crippen LogP contribution in [0.3, 0.4) is 0 Å². The quantitative estimate of drug-likeness (QED) is 0.653. The molecule has 0 radical (unpaired) electrons. The molecule has 5 unspecified atom stereocenters. The largest absolute Gasteiger partial charge is 0.317 e. The highest BCUT2D eigenvalue weighted by atomic mass is 14.9. The number of nitrogens with one attached hydrogen (secondary N) is 1. The van der Waals surface area contributed by atoms with Gasteiger partial charge < -0.3 is 5.32 Å². The molecule has 1 nitrogen and oxygen atoms in total. The molecule has 0 heterocycles. The molecule has 1 N–H and O–H groups in total. The summed E-state index contributed by atoms with van der Waals surface area (Å²) in [5, 5.41) is 3.55. The molecule has 0 aliphatic heterocycles. The molecule has 0 aromatic rings. The molecule has 0 spiro atoms. The van der Waals surface area contributed by atoms with E-state index in [1.54, 1.807) is 5.57 Å². The zero-order valence-electron chi connectivity index (χ0n) is 14.9. The van der Waals surface area contributed by atoms with E-state index in [2.05, 4.69) is 44.9 Å². The van der Waals surface area contributed by atoms with Gasteiger partial charge in [0.15, 0.2) is 0 Å². The van der Waals surface area contributed by atoms with Crippen LogP contribution < -0.4 is 5.32 Å². The highest BCUT2D eigenvalue weighted by Crippen LogP contribution is 2.60. The summed E-state index contributed by atoms with van der Waals surface area (Å²) in [4.78, 5) is 0. The average Bonchev–Trinajstić information content (AvgIpc) is 3.32. The van der Waals surface area contributed by atoms with Crippen molar-refractivity contribution in [1.82, 2.24) is 5.32 Å². The smallest absolute Gasteiger partial charge is 0.00952 e. The monoisotopic (exact) mass is 301 g/mol. The molecule has 124 valence electrons. The van der Waals surface area contributed by atoms with Crippen LogP contribution in [0.25, 0.3) is 0 Å². The Labute approximate surface area is 137 Å². The standard InChI is InChI=1S/C21H35N/c1-5-6-7-15-8-10-16(11-9-15)21(2,3)19-12-13-20(22-4)18-14-17(18)19/h5,10,15,17-20,22H,1,6-9,11-14H2,2-4H3. The van der Waals surface area contributed by atoms with Crippen molar-refractivity contribution in [3.05, 3.63) is 24.3 Å². The van der Waals surface area contributed by atoms with Crippen molar-refractivity contribution in [2.45, 2.75) is 71.3 Å². The van der Waals surface area contributed by atoms with Gasteiger partial charge in [0.05, 0.1) is 0 Å². The van der Waals surface area contributed by atoms with Crippen LogP contribution in [0.15, 0.2) is 24.3 Å². The van der Waals surface area contributed by atoms with Crippen molar-refractivity contribution in [2.75, 3.05) is 7.05 Å². The van der Waals surface area contributed by atoms with Gasteiger partial charge in [0.1, 0.15) is 0 Å². The zero-order chi connectivity index (χ0) is 15.7. The van der Waals surface area contributed by atoms with Gasteiger partial charge in [0, 0.05) is 6.04 Å². The van der Waals surface area contributed by atoms with Crippen LogP contribution >= 0.6 is 0 Å². The minimum Gasteiger partial charge on any atom is -0.317 e.